The van der Waals surface area contributed by atoms with Gasteiger partial charge in [-0.05, 0) is 30.7 Å². The van der Waals surface area contributed by atoms with Crippen molar-refractivity contribution >= 4 is 35.0 Å². The minimum atomic E-state index is -0.128. The highest BCUT2D eigenvalue weighted by atomic mass is 35.5. The number of benzene rings is 2. The predicted molar refractivity (Wildman–Crippen MR) is 85.3 cm³/mol. The number of hydrogen-bond acceptors (Lipinski definition) is 2. The molecule has 1 unspecified atom stereocenters. The van der Waals surface area contributed by atoms with Crippen LogP contribution in [0.4, 0.5) is 0 Å². The van der Waals surface area contributed by atoms with Crippen molar-refractivity contribution < 1.29 is 0 Å². The van der Waals surface area contributed by atoms with Gasteiger partial charge in [0.15, 0.2) is 0 Å². The Labute approximate surface area is 128 Å². The van der Waals surface area contributed by atoms with Gasteiger partial charge in [-0.25, -0.2) is 0 Å². The van der Waals surface area contributed by atoms with Crippen LogP contribution in [0.15, 0.2) is 47.4 Å². The van der Waals surface area contributed by atoms with Crippen LogP contribution in [0.2, 0.25) is 10.0 Å². The number of aryl methyl sites for hydroxylation is 1. The maximum atomic E-state index is 6.19. The van der Waals surface area contributed by atoms with E-state index < -0.39 is 0 Å². The molecule has 0 heterocycles. The van der Waals surface area contributed by atoms with Crippen LogP contribution in [0, 0.1) is 6.92 Å². The lowest BCUT2D eigenvalue weighted by molar-refractivity contribution is 0.831. The summed E-state index contributed by atoms with van der Waals surface area (Å²) >= 11 is 13.9. The van der Waals surface area contributed by atoms with Gasteiger partial charge >= 0.3 is 0 Å². The molecular weight excluding hydrogens is 297 g/mol. The van der Waals surface area contributed by atoms with Crippen LogP contribution in [0.5, 0.6) is 0 Å². The highest BCUT2D eigenvalue weighted by molar-refractivity contribution is 7.99. The van der Waals surface area contributed by atoms with Gasteiger partial charge in [0.05, 0.1) is 10.0 Å². The van der Waals surface area contributed by atoms with E-state index in [0.29, 0.717) is 10.0 Å². The third-order valence-electron chi connectivity index (χ3n) is 2.80. The van der Waals surface area contributed by atoms with Crippen LogP contribution < -0.4 is 5.73 Å². The lowest BCUT2D eigenvalue weighted by Crippen LogP contribution is -2.13. The molecule has 0 saturated carbocycles. The van der Waals surface area contributed by atoms with Gasteiger partial charge in [0, 0.05) is 16.7 Å². The maximum absolute atomic E-state index is 6.19. The fourth-order valence-corrected chi connectivity index (χ4v) is 3.23. The molecule has 0 saturated heterocycles. The summed E-state index contributed by atoms with van der Waals surface area (Å²) in [7, 11) is 0. The number of rotatable bonds is 4. The normalized spacial score (nSPS) is 12.4. The molecule has 0 spiro atoms. The molecule has 19 heavy (non-hydrogen) atoms. The van der Waals surface area contributed by atoms with Crippen molar-refractivity contribution in [3.63, 3.8) is 0 Å². The van der Waals surface area contributed by atoms with Crippen LogP contribution in [0.3, 0.4) is 0 Å². The molecule has 2 aromatic rings. The monoisotopic (exact) mass is 311 g/mol. The van der Waals surface area contributed by atoms with Crippen molar-refractivity contribution in [1.82, 2.24) is 0 Å². The molecule has 0 fully saturated rings. The van der Waals surface area contributed by atoms with Crippen molar-refractivity contribution in [3.8, 4) is 0 Å². The second-order valence-electron chi connectivity index (χ2n) is 4.38. The summed E-state index contributed by atoms with van der Waals surface area (Å²) in [5.74, 6) is 0.767. The largest absolute Gasteiger partial charge is 0.323 e. The Morgan fingerprint density at radius 2 is 1.89 bits per heavy atom. The highest BCUT2D eigenvalue weighted by Gasteiger charge is 2.12. The molecule has 0 aliphatic heterocycles. The third kappa shape index (κ3) is 3.90. The summed E-state index contributed by atoms with van der Waals surface area (Å²) in [6, 6.07) is 13.8. The Morgan fingerprint density at radius 3 is 2.63 bits per heavy atom. The SMILES string of the molecule is Cc1cccc(SCC(N)c2cccc(Cl)c2Cl)c1. The Bertz CT molecular complexity index is 572. The first-order valence-corrected chi connectivity index (χ1v) is 7.71. The fourth-order valence-electron chi connectivity index (χ4n) is 1.79. The van der Waals surface area contributed by atoms with Crippen LogP contribution in [-0.4, -0.2) is 5.75 Å². The Kier molecular flexibility index (Phi) is 5.17. The van der Waals surface area contributed by atoms with Gasteiger partial charge in [0.1, 0.15) is 0 Å². The molecule has 0 amide bonds. The number of nitrogens with two attached hydrogens (primary N) is 1. The van der Waals surface area contributed by atoms with E-state index in [1.807, 2.05) is 12.1 Å². The average molecular weight is 312 g/mol. The number of thioether (sulfide) groups is 1. The fraction of sp³-hybridized carbons (Fsp3) is 0.200. The second kappa shape index (κ2) is 6.67. The number of hydrogen-bond donors (Lipinski definition) is 1. The molecular formula is C15H15Cl2NS. The second-order valence-corrected chi connectivity index (χ2v) is 6.26. The molecule has 1 nitrogen and oxygen atoms in total. The molecule has 0 aliphatic rings. The van der Waals surface area contributed by atoms with Crippen LogP contribution in [0.1, 0.15) is 17.2 Å². The minimum Gasteiger partial charge on any atom is -0.323 e. The maximum Gasteiger partial charge on any atom is 0.0640 e. The quantitative estimate of drug-likeness (QED) is 0.795. The number of halogens is 2. The molecule has 0 radical (unpaired) electrons. The van der Waals surface area contributed by atoms with E-state index in [1.54, 1.807) is 17.8 Å². The first kappa shape index (κ1) is 14.7. The van der Waals surface area contributed by atoms with E-state index in [-0.39, 0.29) is 6.04 Å². The highest BCUT2D eigenvalue weighted by Crippen LogP contribution is 2.31. The van der Waals surface area contributed by atoms with Crippen molar-refractivity contribution in [3.05, 3.63) is 63.6 Å². The van der Waals surface area contributed by atoms with E-state index in [0.717, 1.165) is 11.3 Å². The van der Waals surface area contributed by atoms with E-state index in [1.165, 1.54) is 10.5 Å². The van der Waals surface area contributed by atoms with Gasteiger partial charge in [-0.2, -0.15) is 0 Å². The van der Waals surface area contributed by atoms with Crippen molar-refractivity contribution in [2.45, 2.75) is 17.9 Å². The third-order valence-corrected chi connectivity index (χ3v) is 4.75. The standard InChI is InChI=1S/C15H15Cl2NS/c1-10-4-2-5-11(8-10)19-9-14(18)12-6-3-7-13(16)15(12)17/h2-8,14H,9,18H2,1H3. The molecule has 100 valence electrons. The van der Waals surface area contributed by atoms with Gasteiger partial charge in [0.2, 0.25) is 0 Å². The van der Waals surface area contributed by atoms with Crippen LogP contribution in [0.25, 0.3) is 0 Å². The van der Waals surface area contributed by atoms with Gasteiger partial charge in [-0.1, -0.05) is 53.0 Å². The lowest BCUT2D eigenvalue weighted by atomic mass is 10.1. The molecule has 2 rings (SSSR count). The van der Waals surface area contributed by atoms with Crippen molar-refractivity contribution in [1.29, 1.82) is 0 Å². The zero-order valence-electron chi connectivity index (χ0n) is 10.6. The van der Waals surface area contributed by atoms with E-state index >= 15 is 0 Å². The Hall–Kier alpha value is -0.670. The molecule has 4 heteroatoms. The summed E-state index contributed by atoms with van der Waals surface area (Å²) in [6.45, 7) is 2.08. The molecule has 2 N–H and O–H groups in total. The summed E-state index contributed by atoms with van der Waals surface area (Å²) < 4.78 is 0. The van der Waals surface area contributed by atoms with E-state index in [9.17, 15) is 0 Å². The van der Waals surface area contributed by atoms with E-state index in [2.05, 4.69) is 31.2 Å². The van der Waals surface area contributed by atoms with E-state index in [4.69, 9.17) is 28.9 Å². The summed E-state index contributed by atoms with van der Waals surface area (Å²) in [6.07, 6.45) is 0. The van der Waals surface area contributed by atoms with Crippen LogP contribution >= 0.6 is 35.0 Å². The molecule has 0 aromatic heterocycles. The zero-order valence-corrected chi connectivity index (χ0v) is 12.9. The summed E-state index contributed by atoms with van der Waals surface area (Å²) in [5.41, 5.74) is 8.33. The molecule has 0 bridgehead atoms. The van der Waals surface area contributed by atoms with Gasteiger partial charge in [0.25, 0.3) is 0 Å². The van der Waals surface area contributed by atoms with Gasteiger partial charge < -0.3 is 5.73 Å². The first-order chi connectivity index (χ1) is 9.08. The predicted octanol–water partition coefficient (Wildman–Crippen LogP) is 5.09. The zero-order chi connectivity index (χ0) is 13.8. The molecule has 1 atom stereocenters. The van der Waals surface area contributed by atoms with Crippen molar-refractivity contribution in [2.24, 2.45) is 5.73 Å². The van der Waals surface area contributed by atoms with Gasteiger partial charge in [-0.15, -0.1) is 11.8 Å². The topological polar surface area (TPSA) is 26.0 Å². The Morgan fingerprint density at radius 1 is 1.16 bits per heavy atom. The first-order valence-electron chi connectivity index (χ1n) is 5.97. The van der Waals surface area contributed by atoms with Gasteiger partial charge in [-0.3, -0.25) is 0 Å². The van der Waals surface area contributed by atoms with Crippen LogP contribution in [-0.2, 0) is 0 Å². The average Bonchev–Trinajstić information content (AvgIpc) is 2.39. The Balaban J connectivity index is 2.05. The molecule has 2 aromatic carbocycles. The smallest absolute Gasteiger partial charge is 0.0640 e. The molecule has 0 aliphatic carbocycles. The van der Waals surface area contributed by atoms with Crippen molar-refractivity contribution in [2.75, 3.05) is 5.75 Å². The minimum absolute atomic E-state index is 0.128. The summed E-state index contributed by atoms with van der Waals surface area (Å²) in [4.78, 5) is 1.22. The lowest BCUT2D eigenvalue weighted by Gasteiger charge is -2.14. The summed E-state index contributed by atoms with van der Waals surface area (Å²) in [5, 5.41) is 1.11.